The first-order valence-electron chi connectivity index (χ1n) is 10.0. The van der Waals surface area contributed by atoms with Crippen molar-refractivity contribution in [3.05, 3.63) is 60.6 Å². The van der Waals surface area contributed by atoms with Gasteiger partial charge in [-0.2, -0.15) is 0 Å². The van der Waals surface area contributed by atoms with Crippen molar-refractivity contribution in [3.8, 4) is 5.75 Å². The molecule has 3 aromatic rings. The van der Waals surface area contributed by atoms with E-state index in [2.05, 4.69) is 9.62 Å². The number of nitrogens with one attached hydrogen (secondary N) is 1. The molecule has 0 aliphatic carbocycles. The number of nitrogens with zero attached hydrogens (tertiary/aromatic N) is 1. The van der Waals surface area contributed by atoms with Gasteiger partial charge in [-0.1, -0.05) is 24.3 Å². The summed E-state index contributed by atoms with van der Waals surface area (Å²) in [7, 11) is -3.71. The predicted octanol–water partition coefficient (Wildman–Crippen LogP) is 3.95. The number of hydrogen-bond acceptors (Lipinski definition) is 5. The van der Waals surface area contributed by atoms with Crippen LogP contribution >= 0.6 is 0 Å². The molecule has 0 saturated carbocycles. The van der Waals surface area contributed by atoms with Gasteiger partial charge in [0.15, 0.2) is 0 Å². The summed E-state index contributed by atoms with van der Waals surface area (Å²) >= 11 is 0. The smallest absolute Gasteiger partial charge is 0.241 e. The number of sulfonamides is 1. The van der Waals surface area contributed by atoms with E-state index in [9.17, 15) is 8.42 Å². The molecule has 2 aromatic carbocycles. The van der Waals surface area contributed by atoms with E-state index < -0.39 is 10.0 Å². The Hall–Kier alpha value is -2.35. The Morgan fingerprint density at radius 3 is 2.52 bits per heavy atom. The summed E-state index contributed by atoms with van der Waals surface area (Å²) < 4.78 is 40.5. The van der Waals surface area contributed by atoms with Gasteiger partial charge in [0.2, 0.25) is 10.0 Å². The second-order valence-corrected chi connectivity index (χ2v) is 8.90. The van der Waals surface area contributed by atoms with Gasteiger partial charge in [0.25, 0.3) is 0 Å². The van der Waals surface area contributed by atoms with Crippen LogP contribution in [0.1, 0.15) is 31.6 Å². The summed E-state index contributed by atoms with van der Waals surface area (Å²) in [4.78, 5) is 2.54. The Morgan fingerprint density at radius 1 is 1.07 bits per heavy atom. The van der Waals surface area contributed by atoms with Crippen molar-refractivity contribution < 1.29 is 17.6 Å². The van der Waals surface area contributed by atoms with Gasteiger partial charge in [-0.25, -0.2) is 13.1 Å². The zero-order chi connectivity index (χ0) is 20.3. The SMILES string of the molecule is CCOc1ccc(S(=O)(=O)NC[C@@H](c2ccco2)N2CCCC2)c2ccccc12. The average molecular weight is 415 g/mol. The molecule has 0 spiro atoms. The van der Waals surface area contributed by atoms with Crippen LogP contribution in [0, 0.1) is 0 Å². The summed E-state index contributed by atoms with van der Waals surface area (Å²) in [5.74, 6) is 1.47. The molecule has 1 aliphatic rings. The van der Waals surface area contributed by atoms with Crippen molar-refractivity contribution in [3.63, 3.8) is 0 Å². The lowest BCUT2D eigenvalue weighted by Crippen LogP contribution is -2.36. The van der Waals surface area contributed by atoms with Crippen molar-refractivity contribution in [1.82, 2.24) is 9.62 Å². The molecule has 1 saturated heterocycles. The van der Waals surface area contributed by atoms with Crippen LogP contribution in [0.2, 0.25) is 0 Å². The number of likely N-dealkylation sites (tertiary alicyclic amines) is 1. The Balaban J connectivity index is 1.62. The Kier molecular flexibility index (Phi) is 5.89. The van der Waals surface area contributed by atoms with Crippen LogP contribution in [-0.4, -0.2) is 39.6 Å². The first kappa shape index (κ1) is 19.9. The molecule has 1 fully saturated rings. The molecule has 2 heterocycles. The number of ether oxygens (including phenoxy) is 1. The molecule has 29 heavy (non-hydrogen) atoms. The summed E-state index contributed by atoms with van der Waals surface area (Å²) in [5.41, 5.74) is 0. The van der Waals surface area contributed by atoms with Crippen LogP contribution in [0.5, 0.6) is 5.75 Å². The number of fused-ring (bicyclic) bond motifs is 1. The number of hydrogen-bond donors (Lipinski definition) is 1. The quantitative estimate of drug-likeness (QED) is 0.604. The third-order valence-corrected chi connectivity index (χ3v) is 6.83. The van der Waals surface area contributed by atoms with Gasteiger partial charge < -0.3 is 9.15 Å². The highest BCUT2D eigenvalue weighted by atomic mass is 32.2. The minimum atomic E-state index is -3.71. The minimum absolute atomic E-state index is 0.115. The van der Waals surface area contributed by atoms with Gasteiger partial charge in [0.1, 0.15) is 11.5 Å². The van der Waals surface area contributed by atoms with E-state index in [0.717, 1.165) is 37.1 Å². The summed E-state index contributed by atoms with van der Waals surface area (Å²) in [6.45, 7) is 4.58. The maximum atomic E-state index is 13.2. The maximum absolute atomic E-state index is 13.2. The average Bonchev–Trinajstić information content (AvgIpc) is 3.43. The molecule has 4 rings (SSSR count). The highest BCUT2D eigenvalue weighted by molar-refractivity contribution is 7.89. The normalized spacial score (nSPS) is 16.3. The Labute approximate surface area is 171 Å². The topological polar surface area (TPSA) is 71.8 Å². The number of rotatable bonds is 8. The molecule has 1 aromatic heterocycles. The first-order valence-corrected chi connectivity index (χ1v) is 11.5. The van der Waals surface area contributed by atoms with Gasteiger partial charge >= 0.3 is 0 Å². The Morgan fingerprint density at radius 2 is 1.83 bits per heavy atom. The fourth-order valence-electron chi connectivity index (χ4n) is 3.97. The van der Waals surface area contributed by atoms with Gasteiger partial charge in [-0.15, -0.1) is 0 Å². The zero-order valence-electron chi connectivity index (χ0n) is 16.5. The van der Waals surface area contributed by atoms with Gasteiger partial charge in [0, 0.05) is 17.3 Å². The molecular formula is C22H26N2O4S. The zero-order valence-corrected chi connectivity index (χ0v) is 17.3. The Bertz CT molecular complexity index is 1060. The largest absolute Gasteiger partial charge is 0.493 e. The number of benzene rings is 2. The van der Waals surface area contributed by atoms with Crippen LogP contribution in [0.4, 0.5) is 0 Å². The molecule has 1 atom stereocenters. The van der Waals surface area contributed by atoms with Crippen LogP contribution < -0.4 is 9.46 Å². The molecule has 154 valence electrons. The second-order valence-electron chi connectivity index (χ2n) is 7.17. The van der Waals surface area contributed by atoms with E-state index in [4.69, 9.17) is 9.15 Å². The van der Waals surface area contributed by atoms with Crippen LogP contribution in [0.15, 0.2) is 64.1 Å². The third-order valence-electron chi connectivity index (χ3n) is 5.35. The molecule has 6 nitrogen and oxygen atoms in total. The van der Waals surface area contributed by atoms with Crippen molar-refractivity contribution in [2.75, 3.05) is 26.2 Å². The van der Waals surface area contributed by atoms with E-state index in [0.29, 0.717) is 17.7 Å². The van der Waals surface area contributed by atoms with E-state index in [1.807, 2.05) is 43.3 Å². The van der Waals surface area contributed by atoms with Crippen LogP contribution in [0.25, 0.3) is 10.8 Å². The number of furan rings is 1. The maximum Gasteiger partial charge on any atom is 0.241 e. The monoisotopic (exact) mass is 414 g/mol. The standard InChI is InChI=1S/C22H26N2O4S/c1-2-27-20-11-12-22(18-9-4-3-8-17(18)20)29(25,26)23-16-19(21-10-7-15-28-21)24-13-5-6-14-24/h3-4,7-12,15,19,23H,2,5-6,13-14,16H2,1H3/t19-/m0/s1. The summed E-state index contributed by atoms with van der Waals surface area (Å²) in [6.07, 6.45) is 3.87. The van der Waals surface area contributed by atoms with Gasteiger partial charge in [0.05, 0.1) is 23.8 Å². The van der Waals surface area contributed by atoms with Crippen LogP contribution in [-0.2, 0) is 10.0 Å². The van der Waals surface area contributed by atoms with Gasteiger partial charge in [-0.05, 0) is 57.1 Å². The highest BCUT2D eigenvalue weighted by Gasteiger charge is 2.28. The lowest BCUT2D eigenvalue weighted by Gasteiger charge is -2.26. The molecular weight excluding hydrogens is 388 g/mol. The minimum Gasteiger partial charge on any atom is -0.493 e. The molecule has 1 aliphatic heterocycles. The molecule has 7 heteroatoms. The van der Waals surface area contributed by atoms with E-state index in [-0.39, 0.29) is 17.5 Å². The van der Waals surface area contributed by atoms with Crippen molar-refractivity contribution in [2.45, 2.75) is 30.7 Å². The van der Waals surface area contributed by atoms with Crippen molar-refractivity contribution in [2.24, 2.45) is 0 Å². The van der Waals surface area contributed by atoms with E-state index in [1.165, 1.54) is 0 Å². The second kappa shape index (κ2) is 8.57. The fourth-order valence-corrected chi connectivity index (χ4v) is 5.22. The van der Waals surface area contributed by atoms with Crippen molar-refractivity contribution in [1.29, 1.82) is 0 Å². The molecule has 0 unspecified atom stereocenters. The third kappa shape index (κ3) is 4.17. The lowest BCUT2D eigenvalue weighted by molar-refractivity contribution is 0.216. The van der Waals surface area contributed by atoms with E-state index in [1.54, 1.807) is 18.4 Å². The fraction of sp³-hybridized carbons (Fsp3) is 0.364. The molecule has 0 amide bonds. The highest BCUT2D eigenvalue weighted by Crippen LogP contribution is 2.31. The van der Waals surface area contributed by atoms with Gasteiger partial charge in [-0.3, -0.25) is 4.90 Å². The molecule has 1 N–H and O–H groups in total. The lowest BCUT2D eigenvalue weighted by atomic mass is 10.1. The van der Waals surface area contributed by atoms with E-state index >= 15 is 0 Å². The summed E-state index contributed by atoms with van der Waals surface area (Å²) in [6, 6.07) is 14.4. The predicted molar refractivity (Wildman–Crippen MR) is 113 cm³/mol. The summed E-state index contributed by atoms with van der Waals surface area (Å²) in [5, 5.41) is 1.45. The molecule has 0 bridgehead atoms. The van der Waals surface area contributed by atoms with Crippen LogP contribution in [0.3, 0.4) is 0 Å². The van der Waals surface area contributed by atoms with Crippen molar-refractivity contribution >= 4 is 20.8 Å². The first-order chi connectivity index (χ1) is 14.1. The molecule has 0 radical (unpaired) electrons.